The molecular weight excluding hydrogens is 292 g/mol. The summed E-state index contributed by atoms with van der Waals surface area (Å²) in [6, 6.07) is 7.51. The number of aliphatic carboxylic acids is 1. The Morgan fingerprint density at radius 1 is 1.33 bits per heavy atom. The van der Waals surface area contributed by atoms with E-state index in [4.69, 9.17) is 22.4 Å². The molecule has 108 valence electrons. The van der Waals surface area contributed by atoms with Crippen LogP contribution in [-0.4, -0.2) is 15.6 Å². The number of halogens is 1. The Morgan fingerprint density at radius 2 is 2.10 bits per heavy atom. The first-order chi connectivity index (χ1) is 9.97. The Morgan fingerprint density at radius 3 is 2.81 bits per heavy atom. The smallest absolute Gasteiger partial charge is 0.326 e. The molecule has 0 spiro atoms. The normalized spacial score (nSPS) is 16.7. The fraction of sp³-hybridized carbons (Fsp3) is 0.200. The molecule has 0 saturated heterocycles. The molecule has 1 aliphatic rings. The SMILES string of the molecule is Nc1ccc(Cl)cc1-c1cc2n(c(=O)c1)[C@H](C(=O)O)CC2. The first-order valence-electron chi connectivity index (χ1n) is 6.51. The molecular formula is C15H13ClN2O3. The minimum Gasteiger partial charge on any atom is -0.480 e. The number of carbonyl (C=O) groups is 1. The number of nitrogen functional groups attached to an aromatic ring is 1. The van der Waals surface area contributed by atoms with Crippen LogP contribution in [0.5, 0.6) is 0 Å². The fourth-order valence-electron chi connectivity index (χ4n) is 2.76. The number of aromatic nitrogens is 1. The topological polar surface area (TPSA) is 85.3 Å². The largest absolute Gasteiger partial charge is 0.480 e. The molecule has 2 heterocycles. The number of fused-ring (bicyclic) bond motifs is 1. The van der Waals surface area contributed by atoms with Crippen molar-refractivity contribution in [1.29, 1.82) is 0 Å². The summed E-state index contributed by atoms with van der Waals surface area (Å²) >= 11 is 5.97. The Hall–Kier alpha value is -2.27. The van der Waals surface area contributed by atoms with Crippen LogP contribution in [0.2, 0.25) is 5.02 Å². The van der Waals surface area contributed by atoms with Crippen molar-refractivity contribution in [3.05, 3.63) is 51.4 Å². The second-order valence-electron chi connectivity index (χ2n) is 5.07. The van der Waals surface area contributed by atoms with E-state index in [0.717, 1.165) is 0 Å². The fourth-order valence-corrected chi connectivity index (χ4v) is 2.93. The van der Waals surface area contributed by atoms with Crippen molar-refractivity contribution in [2.45, 2.75) is 18.9 Å². The number of carboxylic acid groups (broad SMARTS) is 1. The number of hydrogen-bond acceptors (Lipinski definition) is 3. The Kier molecular flexibility index (Phi) is 3.22. The highest BCUT2D eigenvalue weighted by atomic mass is 35.5. The lowest BCUT2D eigenvalue weighted by atomic mass is 10.0. The van der Waals surface area contributed by atoms with E-state index >= 15 is 0 Å². The molecule has 21 heavy (non-hydrogen) atoms. The lowest BCUT2D eigenvalue weighted by Crippen LogP contribution is -2.27. The van der Waals surface area contributed by atoms with Gasteiger partial charge in [-0.15, -0.1) is 0 Å². The molecule has 0 amide bonds. The number of rotatable bonds is 2. The lowest BCUT2D eigenvalue weighted by Gasteiger charge is -2.12. The standard InChI is InChI=1S/C15H13ClN2O3/c16-9-1-3-12(17)11(7-9)8-5-10-2-4-13(15(20)21)18(10)14(19)6-8/h1,3,5-7,13H,2,4,17H2,(H,20,21)/t13-/m0/s1. The maximum atomic E-state index is 12.2. The van der Waals surface area contributed by atoms with Gasteiger partial charge in [0.25, 0.3) is 5.56 Å². The van der Waals surface area contributed by atoms with E-state index in [1.165, 1.54) is 10.6 Å². The Bertz CT molecular complexity index is 798. The van der Waals surface area contributed by atoms with Gasteiger partial charge in [0.2, 0.25) is 0 Å². The monoisotopic (exact) mass is 304 g/mol. The molecule has 2 aromatic rings. The molecule has 0 saturated carbocycles. The summed E-state index contributed by atoms with van der Waals surface area (Å²) in [4.78, 5) is 23.4. The van der Waals surface area contributed by atoms with Gasteiger partial charge >= 0.3 is 5.97 Å². The van der Waals surface area contributed by atoms with Gasteiger partial charge in [-0.2, -0.15) is 0 Å². The quantitative estimate of drug-likeness (QED) is 0.834. The van der Waals surface area contributed by atoms with Gasteiger partial charge in [0.05, 0.1) is 0 Å². The average molecular weight is 305 g/mol. The van der Waals surface area contributed by atoms with Crippen LogP contribution < -0.4 is 11.3 Å². The molecule has 6 heteroatoms. The number of aryl methyl sites for hydroxylation is 1. The van der Waals surface area contributed by atoms with E-state index < -0.39 is 12.0 Å². The van der Waals surface area contributed by atoms with Crippen molar-refractivity contribution < 1.29 is 9.90 Å². The molecule has 1 aromatic carbocycles. The number of pyridine rings is 1. The second kappa shape index (κ2) is 4.93. The predicted molar refractivity (Wildman–Crippen MR) is 80.6 cm³/mol. The average Bonchev–Trinajstić information content (AvgIpc) is 2.86. The number of nitrogens with zero attached hydrogens (tertiary/aromatic N) is 1. The van der Waals surface area contributed by atoms with Crippen molar-refractivity contribution in [1.82, 2.24) is 4.57 Å². The molecule has 5 nitrogen and oxygen atoms in total. The zero-order chi connectivity index (χ0) is 15.1. The predicted octanol–water partition coefficient (Wildman–Crippen LogP) is 2.32. The Labute approximate surface area is 125 Å². The van der Waals surface area contributed by atoms with E-state index in [0.29, 0.717) is 40.4 Å². The van der Waals surface area contributed by atoms with E-state index in [-0.39, 0.29) is 5.56 Å². The molecule has 1 aliphatic heterocycles. The molecule has 0 fully saturated rings. The van der Waals surface area contributed by atoms with Gasteiger partial charge in [0.15, 0.2) is 0 Å². The molecule has 1 aromatic heterocycles. The summed E-state index contributed by atoms with van der Waals surface area (Å²) in [5, 5.41) is 9.68. The van der Waals surface area contributed by atoms with Crippen LogP contribution >= 0.6 is 11.6 Å². The summed E-state index contributed by atoms with van der Waals surface area (Å²) in [5.41, 5.74) is 8.19. The van der Waals surface area contributed by atoms with Crippen LogP contribution in [0, 0.1) is 0 Å². The minimum atomic E-state index is -0.981. The first kappa shape index (κ1) is 13.7. The third-order valence-corrected chi connectivity index (χ3v) is 3.98. The highest BCUT2D eigenvalue weighted by Crippen LogP contribution is 2.31. The highest BCUT2D eigenvalue weighted by molar-refractivity contribution is 6.31. The highest BCUT2D eigenvalue weighted by Gasteiger charge is 2.29. The minimum absolute atomic E-state index is 0.327. The van der Waals surface area contributed by atoms with E-state index in [9.17, 15) is 9.59 Å². The van der Waals surface area contributed by atoms with Crippen molar-refractivity contribution in [3.8, 4) is 11.1 Å². The van der Waals surface area contributed by atoms with Crippen molar-refractivity contribution in [2.75, 3.05) is 5.73 Å². The van der Waals surface area contributed by atoms with Crippen LogP contribution in [0.4, 0.5) is 5.69 Å². The third kappa shape index (κ3) is 2.29. The van der Waals surface area contributed by atoms with Crippen molar-refractivity contribution in [3.63, 3.8) is 0 Å². The van der Waals surface area contributed by atoms with Gasteiger partial charge in [-0.25, -0.2) is 4.79 Å². The van der Waals surface area contributed by atoms with E-state index in [2.05, 4.69) is 0 Å². The molecule has 3 rings (SSSR count). The molecule has 3 N–H and O–H groups in total. The van der Waals surface area contributed by atoms with Crippen LogP contribution in [-0.2, 0) is 11.2 Å². The third-order valence-electron chi connectivity index (χ3n) is 3.74. The van der Waals surface area contributed by atoms with E-state index in [1.54, 1.807) is 18.2 Å². The summed E-state index contributed by atoms with van der Waals surface area (Å²) in [7, 11) is 0. The first-order valence-corrected chi connectivity index (χ1v) is 6.89. The van der Waals surface area contributed by atoms with Gasteiger partial charge in [-0.05, 0) is 42.7 Å². The molecule has 0 bridgehead atoms. The number of nitrogens with two attached hydrogens (primary N) is 1. The number of benzene rings is 1. The van der Waals surface area contributed by atoms with Gasteiger partial charge < -0.3 is 10.8 Å². The Balaban J connectivity index is 2.16. The number of carboxylic acids is 1. The summed E-state index contributed by atoms with van der Waals surface area (Å²) < 4.78 is 1.34. The lowest BCUT2D eigenvalue weighted by molar-refractivity contribution is -0.140. The molecule has 0 unspecified atom stereocenters. The second-order valence-corrected chi connectivity index (χ2v) is 5.50. The van der Waals surface area contributed by atoms with Gasteiger partial charge in [-0.3, -0.25) is 9.36 Å². The van der Waals surface area contributed by atoms with Crippen LogP contribution in [0.15, 0.2) is 35.1 Å². The molecule has 0 radical (unpaired) electrons. The van der Waals surface area contributed by atoms with Crippen LogP contribution in [0.1, 0.15) is 18.2 Å². The van der Waals surface area contributed by atoms with E-state index in [1.807, 2.05) is 6.07 Å². The van der Waals surface area contributed by atoms with Gasteiger partial charge in [0, 0.05) is 28.0 Å². The van der Waals surface area contributed by atoms with Crippen molar-refractivity contribution in [2.24, 2.45) is 0 Å². The zero-order valence-electron chi connectivity index (χ0n) is 11.0. The van der Waals surface area contributed by atoms with Crippen LogP contribution in [0.3, 0.4) is 0 Å². The zero-order valence-corrected chi connectivity index (χ0v) is 11.8. The van der Waals surface area contributed by atoms with Crippen LogP contribution in [0.25, 0.3) is 11.1 Å². The number of anilines is 1. The maximum Gasteiger partial charge on any atom is 0.326 e. The summed E-state index contributed by atoms with van der Waals surface area (Å²) in [5.74, 6) is -0.981. The molecule has 1 atom stereocenters. The summed E-state index contributed by atoms with van der Waals surface area (Å²) in [6.07, 6.45) is 0.986. The maximum absolute atomic E-state index is 12.2. The van der Waals surface area contributed by atoms with Crippen molar-refractivity contribution >= 4 is 23.3 Å². The number of hydrogen-bond donors (Lipinski definition) is 2. The summed E-state index contributed by atoms with van der Waals surface area (Å²) in [6.45, 7) is 0. The van der Waals surface area contributed by atoms with Gasteiger partial charge in [0.1, 0.15) is 6.04 Å². The van der Waals surface area contributed by atoms with Gasteiger partial charge in [-0.1, -0.05) is 11.6 Å². The molecule has 0 aliphatic carbocycles.